The minimum Gasteiger partial charge on any atom is -0.507 e. The van der Waals surface area contributed by atoms with Crippen molar-refractivity contribution >= 4 is 22.8 Å². The monoisotopic (exact) mass is 302 g/mol. The van der Waals surface area contributed by atoms with Crippen molar-refractivity contribution in [1.29, 1.82) is 0 Å². The first kappa shape index (κ1) is 15.1. The summed E-state index contributed by atoms with van der Waals surface area (Å²) in [5.41, 5.74) is 0.417. The van der Waals surface area contributed by atoms with Gasteiger partial charge < -0.3 is 9.84 Å². The van der Waals surface area contributed by atoms with Gasteiger partial charge in [0, 0.05) is 0 Å². The summed E-state index contributed by atoms with van der Waals surface area (Å²) in [7, 11) is 0. The van der Waals surface area contributed by atoms with Crippen LogP contribution in [0.4, 0.5) is 0 Å². The minimum atomic E-state index is -0.686. The molecule has 21 heavy (non-hydrogen) atoms. The van der Waals surface area contributed by atoms with Gasteiger partial charge in [-0.05, 0) is 30.9 Å². The molecule has 1 aliphatic rings. The van der Waals surface area contributed by atoms with Gasteiger partial charge in [0.2, 0.25) is 5.12 Å². The summed E-state index contributed by atoms with van der Waals surface area (Å²) < 4.78 is 5.26. The molecule has 0 fully saturated rings. The smallest absolute Gasteiger partial charge is 0.347 e. The predicted molar refractivity (Wildman–Crippen MR) is 82.5 cm³/mol. The molecule has 2 rings (SSSR count). The van der Waals surface area contributed by atoms with Crippen LogP contribution < -0.4 is 4.74 Å². The molecule has 0 saturated heterocycles. The number of carbonyl (C=O) groups is 2. The highest BCUT2D eigenvalue weighted by Crippen LogP contribution is 2.24. The molecule has 0 aliphatic heterocycles. The quantitative estimate of drug-likeness (QED) is 0.684. The lowest BCUT2D eigenvalue weighted by Crippen LogP contribution is -2.14. The molecule has 5 heteroatoms. The third kappa shape index (κ3) is 3.64. The molecule has 0 amide bonds. The van der Waals surface area contributed by atoms with E-state index in [9.17, 15) is 14.7 Å². The highest BCUT2D eigenvalue weighted by molar-refractivity contribution is 8.13. The number of aliphatic hydroxyl groups is 1. The van der Waals surface area contributed by atoms with E-state index in [-0.39, 0.29) is 22.2 Å². The van der Waals surface area contributed by atoms with Crippen LogP contribution in [0.2, 0.25) is 0 Å². The van der Waals surface area contributed by atoms with E-state index in [1.54, 1.807) is 42.7 Å². The molecule has 0 saturated carbocycles. The topological polar surface area (TPSA) is 63.6 Å². The van der Waals surface area contributed by atoms with Crippen LogP contribution in [0.15, 0.2) is 59.9 Å². The number of benzene rings is 1. The minimum absolute atomic E-state index is 0.0893. The second kappa shape index (κ2) is 6.95. The average Bonchev–Trinajstić information content (AvgIpc) is 2.71. The van der Waals surface area contributed by atoms with Crippen molar-refractivity contribution in [2.24, 2.45) is 0 Å². The Bertz CT molecular complexity index is 656. The highest BCUT2D eigenvalue weighted by Gasteiger charge is 2.19. The van der Waals surface area contributed by atoms with E-state index in [0.29, 0.717) is 12.0 Å². The Hall–Kier alpha value is -2.27. The first-order chi connectivity index (χ1) is 10.1. The maximum absolute atomic E-state index is 12.2. The summed E-state index contributed by atoms with van der Waals surface area (Å²) in [4.78, 5) is 24.0. The van der Waals surface area contributed by atoms with E-state index in [1.165, 1.54) is 6.08 Å². The number of para-hydroxylation sites is 1. The van der Waals surface area contributed by atoms with Gasteiger partial charge in [-0.3, -0.25) is 4.79 Å². The highest BCUT2D eigenvalue weighted by atomic mass is 32.2. The van der Waals surface area contributed by atoms with Gasteiger partial charge in [-0.1, -0.05) is 42.1 Å². The number of rotatable bonds is 3. The van der Waals surface area contributed by atoms with Gasteiger partial charge in [0.1, 0.15) is 11.5 Å². The third-order valence-corrected chi connectivity index (χ3v) is 3.43. The number of ether oxygens (including phenoxy) is 1. The molecule has 4 nitrogen and oxygen atoms in total. The first-order valence-corrected chi connectivity index (χ1v) is 7.52. The van der Waals surface area contributed by atoms with Gasteiger partial charge in [0.15, 0.2) is 0 Å². The lowest BCUT2D eigenvalue weighted by atomic mass is 10.2. The molecule has 0 spiro atoms. The molecule has 0 aromatic heterocycles. The summed E-state index contributed by atoms with van der Waals surface area (Å²) in [5.74, 6) is -0.649. The van der Waals surface area contributed by atoms with Crippen molar-refractivity contribution in [3.63, 3.8) is 0 Å². The van der Waals surface area contributed by atoms with E-state index in [1.807, 2.05) is 6.08 Å². The van der Waals surface area contributed by atoms with Gasteiger partial charge in [-0.15, -0.1) is 0 Å². The van der Waals surface area contributed by atoms with E-state index in [2.05, 4.69) is 0 Å². The molecular formula is C16H14O4S. The zero-order chi connectivity index (χ0) is 15.2. The van der Waals surface area contributed by atoms with E-state index >= 15 is 0 Å². The van der Waals surface area contributed by atoms with Crippen LogP contribution in [0.3, 0.4) is 0 Å². The number of aliphatic hydroxyl groups excluding tert-OH is 1. The van der Waals surface area contributed by atoms with E-state index < -0.39 is 5.97 Å². The number of esters is 1. The predicted octanol–water partition coefficient (Wildman–Crippen LogP) is 3.42. The zero-order valence-electron chi connectivity index (χ0n) is 11.4. The Morgan fingerprint density at radius 3 is 2.81 bits per heavy atom. The number of carbonyl (C=O) groups excluding carboxylic acids is 2. The standard InChI is InChI=1S/C16H14O4S/c1-21-16(19)12-8-5-6-10-14(12)20-15(18)11-7-3-2-4-9-13(11)17/h2,4-10,17H,3H2,1H3. The van der Waals surface area contributed by atoms with Crippen molar-refractivity contribution in [2.75, 3.05) is 6.26 Å². The van der Waals surface area contributed by atoms with Crippen molar-refractivity contribution in [2.45, 2.75) is 6.42 Å². The van der Waals surface area contributed by atoms with Crippen LogP contribution in [0, 0.1) is 0 Å². The van der Waals surface area contributed by atoms with Crippen LogP contribution in [0.5, 0.6) is 5.75 Å². The second-order valence-corrected chi connectivity index (χ2v) is 4.99. The normalized spacial score (nSPS) is 14.0. The van der Waals surface area contributed by atoms with Gasteiger partial charge in [0.25, 0.3) is 0 Å². The molecule has 0 heterocycles. The lowest BCUT2D eigenvalue weighted by Gasteiger charge is -2.10. The Morgan fingerprint density at radius 1 is 1.29 bits per heavy atom. The number of allylic oxidation sites excluding steroid dienone is 4. The summed E-state index contributed by atoms with van der Waals surface area (Å²) in [5, 5.41) is 9.61. The van der Waals surface area contributed by atoms with Crippen LogP contribution >= 0.6 is 11.8 Å². The maximum Gasteiger partial charge on any atom is 0.347 e. The van der Waals surface area contributed by atoms with Gasteiger partial charge >= 0.3 is 5.97 Å². The molecule has 1 aromatic rings. The largest absolute Gasteiger partial charge is 0.507 e. The Morgan fingerprint density at radius 2 is 2.05 bits per heavy atom. The molecule has 1 aliphatic carbocycles. The average molecular weight is 302 g/mol. The van der Waals surface area contributed by atoms with Crippen LogP contribution in [-0.2, 0) is 4.79 Å². The number of hydrogen-bond donors (Lipinski definition) is 1. The summed E-state index contributed by atoms with van der Waals surface area (Å²) in [6.45, 7) is 0. The Labute approximate surface area is 126 Å². The SMILES string of the molecule is CSC(=O)c1ccccc1OC(=O)C1=CCC=CC=C1O. The van der Waals surface area contributed by atoms with E-state index in [4.69, 9.17) is 4.74 Å². The van der Waals surface area contributed by atoms with E-state index in [0.717, 1.165) is 11.8 Å². The summed E-state index contributed by atoms with van der Waals surface area (Å²) >= 11 is 1.04. The molecule has 0 bridgehead atoms. The first-order valence-electron chi connectivity index (χ1n) is 6.29. The summed E-state index contributed by atoms with van der Waals surface area (Å²) in [6, 6.07) is 6.53. The van der Waals surface area contributed by atoms with Crippen molar-refractivity contribution in [3.05, 3.63) is 65.5 Å². The molecule has 0 atom stereocenters. The van der Waals surface area contributed by atoms with Gasteiger partial charge in [-0.25, -0.2) is 4.79 Å². The van der Waals surface area contributed by atoms with Gasteiger partial charge in [0.05, 0.1) is 11.1 Å². The van der Waals surface area contributed by atoms with Crippen molar-refractivity contribution < 1.29 is 19.4 Å². The fourth-order valence-electron chi connectivity index (χ4n) is 1.79. The Balaban J connectivity index is 2.25. The number of hydrogen-bond acceptors (Lipinski definition) is 5. The summed E-state index contributed by atoms with van der Waals surface area (Å²) in [6.07, 6.45) is 8.67. The maximum atomic E-state index is 12.2. The van der Waals surface area contributed by atoms with Crippen molar-refractivity contribution in [3.8, 4) is 5.75 Å². The molecule has 0 radical (unpaired) electrons. The molecule has 1 N–H and O–H groups in total. The fraction of sp³-hybridized carbons (Fsp3) is 0.125. The molecule has 0 unspecified atom stereocenters. The second-order valence-electron chi connectivity index (χ2n) is 4.21. The Kier molecular flexibility index (Phi) is 5.00. The molecule has 1 aromatic carbocycles. The molecular weight excluding hydrogens is 288 g/mol. The number of thioether (sulfide) groups is 1. The van der Waals surface area contributed by atoms with Crippen LogP contribution in [0.1, 0.15) is 16.8 Å². The van der Waals surface area contributed by atoms with Crippen molar-refractivity contribution in [1.82, 2.24) is 0 Å². The lowest BCUT2D eigenvalue weighted by molar-refractivity contribution is -0.130. The van der Waals surface area contributed by atoms with Crippen LogP contribution in [-0.4, -0.2) is 22.4 Å². The molecule has 108 valence electrons. The zero-order valence-corrected chi connectivity index (χ0v) is 12.2. The third-order valence-electron chi connectivity index (χ3n) is 2.84. The fourth-order valence-corrected chi connectivity index (χ4v) is 2.18. The van der Waals surface area contributed by atoms with Crippen LogP contribution in [0.25, 0.3) is 0 Å². The van der Waals surface area contributed by atoms with Gasteiger partial charge in [-0.2, -0.15) is 0 Å².